The highest BCUT2D eigenvalue weighted by Gasteiger charge is 2.27. The molecule has 4 heteroatoms. The van der Waals surface area contributed by atoms with E-state index in [0.717, 1.165) is 45.3 Å². The van der Waals surface area contributed by atoms with E-state index < -0.39 is 5.60 Å². The van der Waals surface area contributed by atoms with Gasteiger partial charge < -0.3 is 15.0 Å². The van der Waals surface area contributed by atoms with Crippen molar-refractivity contribution in [2.45, 2.75) is 58.1 Å². The predicted molar refractivity (Wildman–Crippen MR) is 93.6 cm³/mol. The van der Waals surface area contributed by atoms with Crippen LogP contribution >= 0.6 is 0 Å². The average molecular weight is 318 g/mol. The topological polar surface area (TPSA) is 41.6 Å². The molecule has 1 amide bonds. The van der Waals surface area contributed by atoms with Crippen LogP contribution in [0.15, 0.2) is 30.3 Å². The number of aryl methyl sites for hydroxylation is 1. The summed E-state index contributed by atoms with van der Waals surface area (Å²) in [5.74, 6) is 0. The Labute approximate surface area is 140 Å². The van der Waals surface area contributed by atoms with Crippen LogP contribution in [0, 0.1) is 0 Å². The standard InChI is InChI=1S/C19H30N2O2/c1-19(2,3)23-18(22)21-14-8-12-17(15-21)20-13-7-11-16-9-5-4-6-10-16/h4-6,9-10,17,20H,7-8,11-15H2,1-3H3/t17-/m1/s1. The Kier molecular flexibility index (Phi) is 6.46. The number of nitrogens with one attached hydrogen (secondary N) is 1. The molecular formula is C19H30N2O2. The summed E-state index contributed by atoms with van der Waals surface area (Å²) in [5.41, 5.74) is 0.959. The SMILES string of the molecule is CC(C)(C)OC(=O)N1CCC[C@@H](NCCCc2ccccc2)C1. The van der Waals surface area contributed by atoms with Crippen LogP contribution in [0.25, 0.3) is 0 Å². The molecule has 1 heterocycles. The number of ether oxygens (including phenoxy) is 1. The van der Waals surface area contributed by atoms with Gasteiger partial charge in [0.15, 0.2) is 0 Å². The van der Waals surface area contributed by atoms with Gasteiger partial charge in [-0.2, -0.15) is 0 Å². The monoisotopic (exact) mass is 318 g/mol. The van der Waals surface area contributed by atoms with Crippen molar-refractivity contribution < 1.29 is 9.53 Å². The van der Waals surface area contributed by atoms with Gasteiger partial charge in [-0.1, -0.05) is 30.3 Å². The number of carbonyl (C=O) groups is 1. The van der Waals surface area contributed by atoms with Crippen molar-refractivity contribution in [3.63, 3.8) is 0 Å². The van der Waals surface area contributed by atoms with E-state index in [1.54, 1.807) is 0 Å². The van der Waals surface area contributed by atoms with E-state index in [-0.39, 0.29) is 6.09 Å². The second-order valence-corrected chi connectivity index (χ2v) is 7.31. The molecule has 0 saturated carbocycles. The maximum absolute atomic E-state index is 12.2. The first-order valence-corrected chi connectivity index (χ1v) is 8.69. The molecule has 0 aromatic heterocycles. The van der Waals surface area contributed by atoms with E-state index in [1.165, 1.54) is 5.56 Å². The van der Waals surface area contributed by atoms with Crippen LogP contribution in [0.2, 0.25) is 0 Å². The normalized spacial score (nSPS) is 18.7. The molecule has 1 N–H and O–H groups in total. The minimum absolute atomic E-state index is 0.187. The fourth-order valence-corrected chi connectivity index (χ4v) is 2.88. The lowest BCUT2D eigenvalue weighted by Crippen LogP contribution is -2.49. The Hall–Kier alpha value is -1.55. The molecule has 0 radical (unpaired) electrons. The first-order chi connectivity index (χ1) is 10.9. The molecule has 1 aliphatic heterocycles. The molecule has 1 aliphatic rings. The number of hydrogen-bond donors (Lipinski definition) is 1. The molecule has 128 valence electrons. The van der Waals surface area contributed by atoms with E-state index in [4.69, 9.17) is 4.74 Å². The van der Waals surface area contributed by atoms with Crippen LogP contribution in [0.5, 0.6) is 0 Å². The lowest BCUT2D eigenvalue weighted by Gasteiger charge is -2.34. The van der Waals surface area contributed by atoms with E-state index in [0.29, 0.717) is 6.04 Å². The first kappa shape index (κ1) is 17.8. The summed E-state index contributed by atoms with van der Waals surface area (Å²) < 4.78 is 5.47. The Morgan fingerprint density at radius 2 is 2.04 bits per heavy atom. The van der Waals surface area contributed by atoms with Crippen molar-refractivity contribution >= 4 is 6.09 Å². The summed E-state index contributed by atoms with van der Waals surface area (Å²) in [6.45, 7) is 8.27. The fraction of sp³-hybridized carbons (Fsp3) is 0.632. The number of carbonyl (C=O) groups excluding carboxylic acids is 1. The van der Waals surface area contributed by atoms with Crippen LogP contribution in [0.4, 0.5) is 4.79 Å². The van der Waals surface area contributed by atoms with Crippen molar-refractivity contribution in [2.24, 2.45) is 0 Å². The minimum Gasteiger partial charge on any atom is -0.444 e. The number of amides is 1. The smallest absolute Gasteiger partial charge is 0.410 e. The third kappa shape index (κ3) is 6.61. The number of nitrogens with zero attached hydrogens (tertiary/aromatic N) is 1. The molecule has 0 unspecified atom stereocenters. The minimum atomic E-state index is -0.423. The fourth-order valence-electron chi connectivity index (χ4n) is 2.88. The van der Waals surface area contributed by atoms with E-state index in [1.807, 2.05) is 25.7 Å². The number of benzene rings is 1. The van der Waals surface area contributed by atoms with Gasteiger partial charge in [-0.25, -0.2) is 4.79 Å². The summed E-state index contributed by atoms with van der Waals surface area (Å²) in [7, 11) is 0. The molecule has 0 bridgehead atoms. The van der Waals surface area contributed by atoms with Crippen LogP contribution in [0.3, 0.4) is 0 Å². The van der Waals surface area contributed by atoms with Crippen LogP contribution in [-0.4, -0.2) is 42.3 Å². The van der Waals surface area contributed by atoms with Gasteiger partial charge in [0.25, 0.3) is 0 Å². The molecule has 1 atom stereocenters. The van der Waals surface area contributed by atoms with Gasteiger partial charge >= 0.3 is 6.09 Å². The maximum Gasteiger partial charge on any atom is 0.410 e. The van der Waals surface area contributed by atoms with Crippen LogP contribution in [-0.2, 0) is 11.2 Å². The molecule has 1 fully saturated rings. The van der Waals surface area contributed by atoms with Crippen LogP contribution in [0.1, 0.15) is 45.6 Å². The van der Waals surface area contributed by atoms with Gasteiger partial charge in [0.1, 0.15) is 5.60 Å². The Bertz CT molecular complexity index is 482. The number of hydrogen-bond acceptors (Lipinski definition) is 3. The average Bonchev–Trinajstić information content (AvgIpc) is 2.51. The highest BCUT2D eigenvalue weighted by Crippen LogP contribution is 2.15. The third-order valence-electron chi connectivity index (χ3n) is 3.99. The van der Waals surface area contributed by atoms with Crippen molar-refractivity contribution in [3.05, 3.63) is 35.9 Å². The van der Waals surface area contributed by atoms with Crippen molar-refractivity contribution in [2.75, 3.05) is 19.6 Å². The van der Waals surface area contributed by atoms with Crippen molar-refractivity contribution in [1.29, 1.82) is 0 Å². The van der Waals surface area contributed by atoms with Gasteiger partial charge in [0.2, 0.25) is 0 Å². The summed E-state index contributed by atoms with van der Waals surface area (Å²) in [4.78, 5) is 14.0. The third-order valence-corrected chi connectivity index (χ3v) is 3.99. The highest BCUT2D eigenvalue weighted by atomic mass is 16.6. The van der Waals surface area contributed by atoms with Crippen LogP contribution < -0.4 is 5.32 Å². The zero-order valence-corrected chi connectivity index (χ0v) is 14.7. The molecule has 2 rings (SSSR count). The largest absolute Gasteiger partial charge is 0.444 e. The Morgan fingerprint density at radius 1 is 1.30 bits per heavy atom. The van der Waals surface area contributed by atoms with Crippen molar-refractivity contribution in [3.8, 4) is 0 Å². The van der Waals surface area contributed by atoms with E-state index >= 15 is 0 Å². The predicted octanol–water partition coefficient (Wildman–Crippen LogP) is 3.61. The molecule has 1 aromatic rings. The number of likely N-dealkylation sites (tertiary alicyclic amines) is 1. The van der Waals surface area contributed by atoms with Gasteiger partial charge in [0, 0.05) is 19.1 Å². The first-order valence-electron chi connectivity index (χ1n) is 8.69. The molecule has 1 aromatic carbocycles. The number of rotatable bonds is 5. The second kappa shape index (κ2) is 8.34. The lowest BCUT2D eigenvalue weighted by molar-refractivity contribution is 0.0188. The maximum atomic E-state index is 12.2. The van der Waals surface area contributed by atoms with E-state index in [2.05, 4.69) is 35.6 Å². The summed E-state index contributed by atoms with van der Waals surface area (Å²) in [6.07, 6.45) is 4.19. The zero-order valence-electron chi connectivity index (χ0n) is 14.7. The molecule has 0 aliphatic carbocycles. The lowest BCUT2D eigenvalue weighted by atomic mass is 10.1. The molecule has 23 heavy (non-hydrogen) atoms. The van der Waals surface area contributed by atoms with Gasteiger partial charge in [0.05, 0.1) is 0 Å². The Balaban J connectivity index is 1.68. The Morgan fingerprint density at radius 3 is 2.74 bits per heavy atom. The molecule has 4 nitrogen and oxygen atoms in total. The summed E-state index contributed by atoms with van der Waals surface area (Å²) in [6, 6.07) is 10.9. The van der Waals surface area contributed by atoms with E-state index in [9.17, 15) is 4.79 Å². The summed E-state index contributed by atoms with van der Waals surface area (Å²) in [5, 5.41) is 3.59. The molecular weight excluding hydrogens is 288 g/mol. The highest BCUT2D eigenvalue weighted by molar-refractivity contribution is 5.68. The van der Waals surface area contributed by atoms with Gasteiger partial charge in [-0.05, 0) is 58.6 Å². The number of piperidine rings is 1. The summed E-state index contributed by atoms with van der Waals surface area (Å²) >= 11 is 0. The zero-order chi connectivity index (χ0) is 16.7. The quantitative estimate of drug-likeness (QED) is 0.843. The van der Waals surface area contributed by atoms with Gasteiger partial charge in [-0.3, -0.25) is 0 Å². The van der Waals surface area contributed by atoms with Gasteiger partial charge in [-0.15, -0.1) is 0 Å². The second-order valence-electron chi connectivity index (χ2n) is 7.31. The molecule has 0 spiro atoms. The molecule has 1 saturated heterocycles. The van der Waals surface area contributed by atoms with Crippen molar-refractivity contribution in [1.82, 2.24) is 10.2 Å².